The fraction of sp³-hybridized carbons (Fsp3) is 0.333. The number of fused-ring (bicyclic) bond motifs is 1. The van der Waals surface area contributed by atoms with E-state index < -0.39 is 5.60 Å². The van der Waals surface area contributed by atoms with Crippen molar-refractivity contribution in [1.82, 2.24) is 0 Å². The van der Waals surface area contributed by atoms with Gasteiger partial charge in [-0.3, -0.25) is 0 Å². The van der Waals surface area contributed by atoms with Crippen molar-refractivity contribution in [3.8, 4) is 11.5 Å². The number of hydrogen-bond donors (Lipinski definition) is 1. The summed E-state index contributed by atoms with van der Waals surface area (Å²) in [5.74, 6) is 1.47. The van der Waals surface area contributed by atoms with Crippen molar-refractivity contribution in [2.24, 2.45) is 0 Å². The van der Waals surface area contributed by atoms with E-state index in [1.165, 1.54) is 0 Å². The molecule has 0 fully saturated rings. The molecule has 0 saturated heterocycles. The van der Waals surface area contributed by atoms with Crippen molar-refractivity contribution in [3.05, 3.63) is 59.7 Å². The van der Waals surface area contributed by atoms with Crippen LogP contribution in [0.1, 0.15) is 24.5 Å². The molecule has 1 heterocycles. The average Bonchev–Trinajstić information content (AvgIpc) is 2.55. The zero-order chi connectivity index (χ0) is 14.7. The fourth-order valence-corrected chi connectivity index (χ4v) is 2.70. The second kappa shape index (κ2) is 5.78. The summed E-state index contributed by atoms with van der Waals surface area (Å²) in [5, 5.41) is 11.0. The van der Waals surface area contributed by atoms with Crippen LogP contribution in [0.5, 0.6) is 11.5 Å². The lowest BCUT2D eigenvalue weighted by Crippen LogP contribution is -2.28. The fourth-order valence-electron chi connectivity index (χ4n) is 2.70. The maximum Gasteiger partial charge on any atom is 0.161 e. The minimum atomic E-state index is -0.892. The predicted octanol–water partition coefficient (Wildman–Crippen LogP) is 3.30. The standard InChI is InChI=1S/C18H20O3/c1-2-18(19,13-14-6-4-3-5-7-14)15-8-9-16-17(12-15)21-11-10-20-16/h3-9,12,19H,2,10-11,13H2,1H3. The molecule has 3 heteroatoms. The van der Waals surface area contributed by atoms with Gasteiger partial charge in [0.25, 0.3) is 0 Å². The van der Waals surface area contributed by atoms with E-state index in [0.717, 1.165) is 22.6 Å². The Morgan fingerprint density at radius 2 is 1.71 bits per heavy atom. The highest BCUT2D eigenvalue weighted by Gasteiger charge is 2.29. The zero-order valence-corrected chi connectivity index (χ0v) is 12.2. The van der Waals surface area contributed by atoms with Gasteiger partial charge in [0.05, 0.1) is 5.60 Å². The molecule has 0 bridgehead atoms. The lowest BCUT2D eigenvalue weighted by Gasteiger charge is -2.29. The third-order valence-corrected chi connectivity index (χ3v) is 4.00. The van der Waals surface area contributed by atoms with Gasteiger partial charge in [0.15, 0.2) is 11.5 Å². The number of aliphatic hydroxyl groups is 1. The molecule has 3 rings (SSSR count). The second-order valence-electron chi connectivity index (χ2n) is 5.41. The molecule has 0 amide bonds. The lowest BCUT2D eigenvalue weighted by molar-refractivity contribution is 0.0321. The van der Waals surface area contributed by atoms with Gasteiger partial charge in [-0.1, -0.05) is 43.3 Å². The Kier molecular flexibility index (Phi) is 3.84. The van der Waals surface area contributed by atoms with E-state index in [2.05, 4.69) is 0 Å². The van der Waals surface area contributed by atoms with Crippen LogP contribution in [0.25, 0.3) is 0 Å². The largest absolute Gasteiger partial charge is 0.486 e. The highest BCUT2D eigenvalue weighted by atomic mass is 16.6. The number of benzene rings is 2. The van der Waals surface area contributed by atoms with Crippen LogP contribution >= 0.6 is 0 Å². The van der Waals surface area contributed by atoms with Crippen molar-refractivity contribution in [3.63, 3.8) is 0 Å². The normalized spacial score (nSPS) is 16.3. The highest BCUT2D eigenvalue weighted by Crippen LogP contribution is 2.37. The lowest BCUT2D eigenvalue weighted by atomic mass is 9.85. The molecule has 3 nitrogen and oxygen atoms in total. The van der Waals surface area contributed by atoms with Gasteiger partial charge in [-0.15, -0.1) is 0 Å². The molecule has 0 radical (unpaired) electrons. The van der Waals surface area contributed by atoms with E-state index in [9.17, 15) is 5.11 Å². The van der Waals surface area contributed by atoms with Crippen molar-refractivity contribution in [2.45, 2.75) is 25.4 Å². The van der Waals surface area contributed by atoms with Gasteiger partial charge in [0, 0.05) is 6.42 Å². The molecule has 1 N–H and O–H groups in total. The summed E-state index contributed by atoms with van der Waals surface area (Å²) in [5.41, 5.74) is 1.10. The monoisotopic (exact) mass is 284 g/mol. The van der Waals surface area contributed by atoms with Gasteiger partial charge in [-0.2, -0.15) is 0 Å². The Labute approximate surface area is 125 Å². The van der Waals surface area contributed by atoms with Crippen LogP contribution in [0.2, 0.25) is 0 Å². The van der Waals surface area contributed by atoms with Gasteiger partial charge < -0.3 is 14.6 Å². The van der Waals surface area contributed by atoms with E-state index in [-0.39, 0.29) is 0 Å². The Hall–Kier alpha value is -2.00. The molecule has 0 spiro atoms. The molecule has 2 aromatic carbocycles. The molecule has 21 heavy (non-hydrogen) atoms. The Balaban J connectivity index is 1.91. The predicted molar refractivity (Wildman–Crippen MR) is 81.8 cm³/mol. The molecule has 1 atom stereocenters. The van der Waals surface area contributed by atoms with Crippen LogP contribution in [0.3, 0.4) is 0 Å². The van der Waals surface area contributed by atoms with Gasteiger partial charge in [-0.05, 0) is 29.7 Å². The molecule has 1 aliphatic rings. The van der Waals surface area contributed by atoms with Crippen molar-refractivity contribution in [2.75, 3.05) is 13.2 Å². The third-order valence-electron chi connectivity index (χ3n) is 4.00. The molecular weight excluding hydrogens is 264 g/mol. The SMILES string of the molecule is CCC(O)(Cc1ccccc1)c1ccc2c(c1)OCCO2. The van der Waals surface area contributed by atoms with Crippen molar-refractivity contribution >= 4 is 0 Å². The van der Waals surface area contributed by atoms with E-state index in [1.807, 2.05) is 55.5 Å². The smallest absolute Gasteiger partial charge is 0.161 e. The van der Waals surface area contributed by atoms with Gasteiger partial charge in [-0.25, -0.2) is 0 Å². The first-order valence-electron chi connectivity index (χ1n) is 7.38. The van der Waals surface area contributed by atoms with Gasteiger partial charge in [0.1, 0.15) is 13.2 Å². The minimum absolute atomic E-state index is 0.555. The topological polar surface area (TPSA) is 38.7 Å². The van der Waals surface area contributed by atoms with Crippen LogP contribution in [0, 0.1) is 0 Å². The first kappa shape index (κ1) is 14.0. The van der Waals surface area contributed by atoms with E-state index in [0.29, 0.717) is 26.1 Å². The van der Waals surface area contributed by atoms with E-state index in [1.54, 1.807) is 0 Å². The average molecular weight is 284 g/mol. The second-order valence-corrected chi connectivity index (χ2v) is 5.41. The first-order chi connectivity index (χ1) is 10.2. The van der Waals surface area contributed by atoms with Crippen LogP contribution in [0.15, 0.2) is 48.5 Å². The summed E-state index contributed by atoms with van der Waals surface area (Å²) >= 11 is 0. The maximum atomic E-state index is 11.0. The number of hydrogen-bond acceptors (Lipinski definition) is 3. The molecule has 0 saturated carbocycles. The van der Waals surface area contributed by atoms with Crippen molar-refractivity contribution < 1.29 is 14.6 Å². The van der Waals surface area contributed by atoms with Gasteiger partial charge in [0.2, 0.25) is 0 Å². The highest BCUT2D eigenvalue weighted by molar-refractivity contribution is 5.45. The minimum Gasteiger partial charge on any atom is -0.486 e. The molecular formula is C18H20O3. The third kappa shape index (κ3) is 2.88. The molecule has 2 aromatic rings. The molecule has 0 aromatic heterocycles. The molecule has 110 valence electrons. The Bertz CT molecular complexity index is 609. The first-order valence-corrected chi connectivity index (χ1v) is 7.38. The number of ether oxygens (including phenoxy) is 2. The van der Waals surface area contributed by atoms with E-state index in [4.69, 9.17) is 9.47 Å². The molecule has 1 aliphatic heterocycles. The van der Waals surface area contributed by atoms with Crippen LogP contribution < -0.4 is 9.47 Å². The summed E-state index contributed by atoms with van der Waals surface area (Å²) in [6, 6.07) is 15.8. The van der Waals surface area contributed by atoms with Gasteiger partial charge >= 0.3 is 0 Å². The molecule has 1 unspecified atom stereocenters. The van der Waals surface area contributed by atoms with E-state index >= 15 is 0 Å². The molecule has 0 aliphatic carbocycles. The summed E-state index contributed by atoms with van der Waals surface area (Å²) in [6.45, 7) is 3.13. The summed E-state index contributed by atoms with van der Waals surface area (Å²) in [4.78, 5) is 0. The van der Waals surface area contributed by atoms with Crippen molar-refractivity contribution in [1.29, 1.82) is 0 Å². The summed E-state index contributed by atoms with van der Waals surface area (Å²) < 4.78 is 11.2. The van der Waals surface area contributed by atoms with Crippen LogP contribution in [0.4, 0.5) is 0 Å². The Morgan fingerprint density at radius 1 is 1.00 bits per heavy atom. The maximum absolute atomic E-state index is 11.0. The summed E-state index contributed by atoms with van der Waals surface area (Å²) in [6.07, 6.45) is 1.23. The Morgan fingerprint density at radius 3 is 2.43 bits per heavy atom. The zero-order valence-electron chi connectivity index (χ0n) is 12.2. The summed E-state index contributed by atoms with van der Waals surface area (Å²) in [7, 11) is 0. The number of rotatable bonds is 4. The quantitative estimate of drug-likeness (QED) is 0.936. The van der Waals surface area contributed by atoms with Crippen LogP contribution in [-0.4, -0.2) is 18.3 Å². The van der Waals surface area contributed by atoms with Crippen LogP contribution in [-0.2, 0) is 12.0 Å².